The largest absolute Gasteiger partial charge is 0.393 e. The van der Waals surface area contributed by atoms with Crippen LogP contribution in [0.15, 0.2) is 23.3 Å². The highest BCUT2D eigenvalue weighted by Crippen LogP contribution is 2.69. The first-order chi connectivity index (χ1) is 10.9. The first-order valence-corrected chi connectivity index (χ1v) is 9.32. The van der Waals surface area contributed by atoms with Gasteiger partial charge in [-0.1, -0.05) is 37.1 Å². The Morgan fingerprint density at radius 2 is 1.83 bits per heavy atom. The van der Waals surface area contributed by atoms with Gasteiger partial charge in [0, 0.05) is 17.3 Å². The van der Waals surface area contributed by atoms with E-state index in [1.807, 2.05) is 0 Å². The van der Waals surface area contributed by atoms with Gasteiger partial charge in [-0.15, -0.1) is 0 Å². The number of aliphatic hydroxyl groups is 2. The number of allylic oxidation sites excluding steroid dienone is 3. The average molecular weight is 316 g/mol. The minimum atomic E-state index is -0.428. The van der Waals surface area contributed by atoms with Crippen molar-refractivity contribution in [2.24, 2.45) is 22.7 Å². The smallest absolute Gasteiger partial charge is 0.0975 e. The van der Waals surface area contributed by atoms with Crippen LogP contribution < -0.4 is 0 Å². The molecule has 1 heterocycles. The summed E-state index contributed by atoms with van der Waals surface area (Å²) in [6.45, 7) is 5.64. The predicted octanol–water partition coefficient (Wildman–Crippen LogP) is 2.97. The van der Waals surface area contributed by atoms with E-state index in [1.165, 1.54) is 24.8 Å². The lowest BCUT2D eigenvalue weighted by Crippen LogP contribution is -2.53. The molecule has 7 atom stereocenters. The highest BCUT2D eigenvalue weighted by molar-refractivity contribution is 5.41. The van der Waals surface area contributed by atoms with E-state index >= 15 is 0 Å². The minimum Gasteiger partial charge on any atom is -0.393 e. The third-order valence-electron chi connectivity index (χ3n) is 8.43. The van der Waals surface area contributed by atoms with Crippen LogP contribution in [0, 0.1) is 22.7 Å². The Morgan fingerprint density at radius 3 is 2.57 bits per heavy atom. The van der Waals surface area contributed by atoms with Gasteiger partial charge in [-0.3, -0.25) is 0 Å². The monoisotopic (exact) mass is 316 g/mol. The van der Waals surface area contributed by atoms with Gasteiger partial charge in [0.2, 0.25) is 0 Å². The number of fused-ring (bicyclic) bond motifs is 6. The van der Waals surface area contributed by atoms with E-state index in [0.717, 1.165) is 19.4 Å². The zero-order chi connectivity index (χ0) is 16.0. The molecule has 4 aliphatic carbocycles. The van der Waals surface area contributed by atoms with Crippen molar-refractivity contribution in [2.45, 2.75) is 70.2 Å². The van der Waals surface area contributed by atoms with E-state index in [2.05, 4.69) is 26.0 Å². The highest BCUT2D eigenvalue weighted by Gasteiger charge is 2.68. The lowest BCUT2D eigenvalue weighted by Gasteiger charge is -2.55. The first-order valence-electron chi connectivity index (χ1n) is 9.32. The molecular formula is C20H28O3. The topological polar surface area (TPSA) is 53.0 Å². The zero-order valence-corrected chi connectivity index (χ0v) is 14.2. The number of epoxide rings is 1. The standard InChI is InChI=1S/C20H28O3/c1-18-7-5-16-14(15(18)6-8-20(18)11-23-20)4-3-12-9-13(21)10-17(22)19(12,16)2/h3-4,13,15-17,21-22H,5-11H2,1-2H3/t13-,15?,16?,17+,18+,19+,20-/m1/s1. The van der Waals surface area contributed by atoms with Crippen molar-refractivity contribution in [3.63, 3.8) is 0 Å². The van der Waals surface area contributed by atoms with Crippen LogP contribution in [-0.2, 0) is 4.74 Å². The second kappa shape index (κ2) is 4.30. The maximum Gasteiger partial charge on any atom is 0.0975 e. The Morgan fingerprint density at radius 1 is 1.09 bits per heavy atom. The third-order valence-corrected chi connectivity index (χ3v) is 8.43. The molecule has 23 heavy (non-hydrogen) atoms. The van der Waals surface area contributed by atoms with Crippen LogP contribution in [-0.4, -0.2) is 34.6 Å². The van der Waals surface area contributed by atoms with Crippen LogP contribution in [0.2, 0.25) is 0 Å². The van der Waals surface area contributed by atoms with Crippen LogP contribution in [0.1, 0.15) is 52.4 Å². The number of hydrogen-bond donors (Lipinski definition) is 2. The molecule has 126 valence electrons. The van der Waals surface area contributed by atoms with Gasteiger partial charge in [0.05, 0.1) is 24.4 Å². The Kier molecular flexibility index (Phi) is 2.75. The Balaban J connectivity index is 1.58. The second-order valence-corrected chi connectivity index (χ2v) is 9.13. The summed E-state index contributed by atoms with van der Waals surface area (Å²) in [7, 11) is 0. The van der Waals surface area contributed by atoms with Crippen LogP contribution in [0.25, 0.3) is 0 Å². The maximum atomic E-state index is 10.8. The van der Waals surface area contributed by atoms with Crippen molar-refractivity contribution in [2.75, 3.05) is 6.61 Å². The fraction of sp³-hybridized carbons (Fsp3) is 0.800. The van der Waals surface area contributed by atoms with Gasteiger partial charge in [-0.25, -0.2) is 0 Å². The molecule has 5 aliphatic rings. The molecule has 2 N–H and O–H groups in total. The molecule has 1 spiro atoms. The van der Waals surface area contributed by atoms with Crippen LogP contribution >= 0.6 is 0 Å². The van der Waals surface area contributed by atoms with E-state index < -0.39 is 6.10 Å². The normalized spacial score (nSPS) is 57.2. The predicted molar refractivity (Wildman–Crippen MR) is 87.8 cm³/mol. The van der Waals surface area contributed by atoms with Gasteiger partial charge in [0.15, 0.2) is 0 Å². The molecule has 5 rings (SSSR count). The number of rotatable bonds is 0. The molecular weight excluding hydrogens is 288 g/mol. The van der Waals surface area contributed by atoms with Gasteiger partial charge in [-0.05, 0) is 43.9 Å². The molecule has 0 bridgehead atoms. The van der Waals surface area contributed by atoms with E-state index in [1.54, 1.807) is 5.57 Å². The van der Waals surface area contributed by atoms with Gasteiger partial charge in [0.25, 0.3) is 0 Å². The summed E-state index contributed by atoms with van der Waals surface area (Å²) in [5.74, 6) is 1.05. The number of hydrogen-bond acceptors (Lipinski definition) is 3. The minimum absolute atomic E-state index is 0.162. The fourth-order valence-electron chi connectivity index (χ4n) is 6.70. The molecule has 1 aliphatic heterocycles. The van der Waals surface area contributed by atoms with Crippen LogP contribution in [0.3, 0.4) is 0 Å². The molecule has 3 nitrogen and oxygen atoms in total. The summed E-state index contributed by atoms with van der Waals surface area (Å²) >= 11 is 0. The fourth-order valence-corrected chi connectivity index (χ4v) is 6.70. The molecule has 0 radical (unpaired) electrons. The zero-order valence-electron chi connectivity index (χ0n) is 14.2. The van der Waals surface area contributed by atoms with Gasteiger partial charge in [0.1, 0.15) is 0 Å². The van der Waals surface area contributed by atoms with Crippen molar-refractivity contribution in [1.82, 2.24) is 0 Å². The molecule has 3 heteroatoms. The van der Waals surface area contributed by atoms with Crippen molar-refractivity contribution in [3.05, 3.63) is 23.3 Å². The summed E-state index contributed by atoms with van der Waals surface area (Å²) < 4.78 is 5.95. The maximum absolute atomic E-state index is 10.8. The Bertz CT molecular complexity index is 616. The van der Waals surface area contributed by atoms with Crippen molar-refractivity contribution in [1.29, 1.82) is 0 Å². The summed E-state index contributed by atoms with van der Waals surface area (Å²) in [6, 6.07) is 0. The molecule has 0 aromatic heterocycles. The molecule has 0 aromatic rings. The first kappa shape index (κ1) is 14.7. The summed E-state index contributed by atoms with van der Waals surface area (Å²) in [6.07, 6.45) is 9.78. The van der Waals surface area contributed by atoms with Crippen LogP contribution in [0.5, 0.6) is 0 Å². The molecule has 0 amide bonds. The Labute approximate surface area is 138 Å². The molecule has 1 saturated heterocycles. The van der Waals surface area contributed by atoms with Crippen LogP contribution in [0.4, 0.5) is 0 Å². The average Bonchev–Trinajstić information content (AvgIpc) is 3.23. The van der Waals surface area contributed by atoms with Crippen molar-refractivity contribution >= 4 is 0 Å². The number of ether oxygens (including phenoxy) is 1. The van der Waals surface area contributed by atoms with E-state index in [-0.39, 0.29) is 22.5 Å². The van der Waals surface area contributed by atoms with Gasteiger partial charge >= 0.3 is 0 Å². The van der Waals surface area contributed by atoms with E-state index in [0.29, 0.717) is 18.3 Å². The summed E-state index contributed by atoms with van der Waals surface area (Å²) in [4.78, 5) is 0. The van der Waals surface area contributed by atoms with Crippen molar-refractivity contribution < 1.29 is 14.9 Å². The lowest BCUT2D eigenvalue weighted by molar-refractivity contribution is -0.0540. The quantitative estimate of drug-likeness (QED) is 0.676. The van der Waals surface area contributed by atoms with Crippen molar-refractivity contribution in [3.8, 4) is 0 Å². The van der Waals surface area contributed by atoms with Gasteiger partial charge in [-0.2, -0.15) is 0 Å². The lowest BCUT2D eigenvalue weighted by atomic mass is 9.49. The molecule has 2 unspecified atom stereocenters. The molecule has 0 aromatic carbocycles. The molecule has 3 saturated carbocycles. The van der Waals surface area contributed by atoms with Gasteiger partial charge < -0.3 is 14.9 Å². The second-order valence-electron chi connectivity index (χ2n) is 9.13. The SMILES string of the molecule is C[C@]12C(=CC=C3C1CC[C@@]1(C)C3CC[C@@]13CO3)C[C@@H](O)C[C@@H]2O. The molecule has 4 fully saturated rings. The van der Waals surface area contributed by atoms with E-state index in [9.17, 15) is 10.2 Å². The highest BCUT2D eigenvalue weighted by atomic mass is 16.6. The Hall–Kier alpha value is -0.640. The summed E-state index contributed by atoms with van der Waals surface area (Å²) in [5, 5.41) is 20.9. The van der Waals surface area contributed by atoms with E-state index in [4.69, 9.17) is 4.74 Å². The summed E-state index contributed by atoms with van der Waals surface area (Å²) in [5.41, 5.74) is 3.10. The third kappa shape index (κ3) is 1.62. The number of aliphatic hydroxyl groups excluding tert-OH is 2.